The second-order valence-corrected chi connectivity index (χ2v) is 8.17. The predicted molar refractivity (Wildman–Crippen MR) is 98.8 cm³/mol. The number of nitrogens with zero attached hydrogens (tertiary/aromatic N) is 1. The van der Waals surface area contributed by atoms with Crippen LogP contribution in [0.4, 0.5) is 0 Å². The number of ether oxygens (including phenoxy) is 1. The summed E-state index contributed by atoms with van der Waals surface area (Å²) < 4.78 is 29.7. The number of aromatic amines is 1. The maximum Gasteiger partial charge on any atom is 0.456 e. The van der Waals surface area contributed by atoms with E-state index < -0.39 is 31.3 Å². The van der Waals surface area contributed by atoms with E-state index >= 15 is 0 Å². The summed E-state index contributed by atoms with van der Waals surface area (Å²) in [6, 6.07) is 8.44. The van der Waals surface area contributed by atoms with Crippen LogP contribution in [0.2, 0.25) is 5.02 Å². The van der Waals surface area contributed by atoms with Crippen LogP contribution in [0.1, 0.15) is 19.6 Å². The third-order valence-electron chi connectivity index (χ3n) is 4.07. The van der Waals surface area contributed by atoms with Crippen molar-refractivity contribution in [3.63, 3.8) is 0 Å². The molecule has 1 saturated heterocycles. The molecule has 3 N–H and O–H groups in total. The van der Waals surface area contributed by atoms with Gasteiger partial charge in [-0.05, 0) is 18.6 Å². The molecule has 1 fully saturated rings. The summed E-state index contributed by atoms with van der Waals surface area (Å²) in [6.45, 7) is 1.80. The van der Waals surface area contributed by atoms with E-state index in [1.165, 1.54) is 10.8 Å². The van der Waals surface area contributed by atoms with E-state index in [1.54, 1.807) is 30.3 Å². The normalized spacial score (nSPS) is 24.5. The van der Waals surface area contributed by atoms with Crippen LogP contribution in [0.15, 0.2) is 46.1 Å². The Labute approximate surface area is 159 Å². The Morgan fingerprint density at radius 1 is 1.37 bits per heavy atom. The zero-order chi connectivity index (χ0) is 19.6. The van der Waals surface area contributed by atoms with Gasteiger partial charge < -0.3 is 9.26 Å². The van der Waals surface area contributed by atoms with E-state index in [4.69, 9.17) is 30.9 Å². The van der Waals surface area contributed by atoms with Gasteiger partial charge in [-0.3, -0.25) is 18.9 Å². The minimum absolute atomic E-state index is 0.0761. The molecule has 2 aromatic rings. The molecule has 0 spiro atoms. The highest BCUT2D eigenvalue weighted by Gasteiger charge is 2.36. The first-order valence-corrected chi connectivity index (χ1v) is 10.2. The fraction of sp³-hybridized carbons (Fsp3) is 0.375. The molecular formula is C16H19ClN3O6P. The van der Waals surface area contributed by atoms with Gasteiger partial charge in [0.2, 0.25) is 0 Å². The highest BCUT2D eigenvalue weighted by molar-refractivity contribution is 7.51. The fourth-order valence-corrected chi connectivity index (χ4v) is 3.85. The first kappa shape index (κ1) is 19.9. The zero-order valence-electron chi connectivity index (χ0n) is 14.4. The molecule has 146 valence electrons. The van der Waals surface area contributed by atoms with Crippen molar-refractivity contribution < 1.29 is 18.3 Å². The molecule has 2 heterocycles. The molecule has 1 aliphatic rings. The molecule has 27 heavy (non-hydrogen) atoms. The number of nitrogens with two attached hydrogens (primary N) is 1. The Kier molecular flexibility index (Phi) is 5.88. The predicted octanol–water partition coefficient (Wildman–Crippen LogP) is 2.28. The van der Waals surface area contributed by atoms with Crippen molar-refractivity contribution in [1.29, 1.82) is 0 Å². The second-order valence-electron chi connectivity index (χ2n) is 6.25. The number of hydrogen-bond donors (Lipinski definition) is 2. The quantitative estimate of drug-likeness (QED) is 0.693. The molecule has 0 aliphatic carbocycles. The number of rotatable bonds is 6. The molecule has 1 aromatic heterocycles. The Balaban J connectivity index is 1.63. The summed E-state index contributed by atoms with van der Waals surface area (Å²) in [5.74, 6) is 0.252. The lowest BCUT2D eigenvalue weighted by Gasteiger charge is -2.19. The fourth-order valence-electron chi connectivity index (χ4n) is 2.86. The molecule has 4 unspecified atom stereocenters. The average molecular weight is 416 g/mol. The molecule has 0 bridgehead atoms. The first-order chi connectivity index (χ1) is 12.7. The van der Waals surface area contributed by atoms with Crippen LogP contribution in [0.3, 0.4) is 0 Å². The smallest absolute Gasteiger partial charge is 0.413 e. The maximum absolute atomic E-state index is 12.3. The van der Waals surface area contributed by atoms with Gasteiger partial charge in [0.1, 0.15) is 17.0 Å². The van der Waals surface area contributed by atoms with Crippen molar-refractivity contribution in [3.05, 3.63) is 62.4 Å². The van der Waals surface area contributed by atoms with E-state index in [2.05, 4.69) is 4.98 Å². The van der Waals surface area contributed by atoms with Gasteiger partial charge >= 0.3 is 13.4 Å². The molecule has 0 saturated carbocycles. The Hall–Kier alpha value is -1.90. The minimum Gasteiger partial charge on any atom is -0.413 e. The molecular weight excluding hydrogens is 397 g/mol. The minimum atomic E-state index is -3.82. The van der Waals surface area contributed by atoms with Crippen LogP contribution in [-0.2, 0) is 13.8 Å². The maximum atomic E-state index is 12.3. The molecule has 9 nitrogen and oxygen atoms in total. The number of halogens is 1. The Morgan fingerprint density at radius 2 is 2.07 bits per heavy atom. The molecule has 3 rings (SSSR count). The van der Waals surface area contributed by atoms with Gasteiger partial charge in [0.15, 0.2) is 0 Å². The monoisotopic (exact) mass is 415 g/mol. The van der Waals surface area contributed by atoms with E-state index in [0.29, 0.717) is 12.2 Å². The Bertz CT molecular complexity index is 963. The third kappa shape index (κ3) is 4.88. The van der Waals surface area contributed by atoms with Gasteiger partial charge in [0.25, 0.3) is 5.56 Å². The van der Waals surface area contributed by atoms with E-state index in [1.807, 2.05) is 6.92 Å². The van der Waals surface area contributed by atoms with Gasteiger partial charge in [0, 0.05) is 12.1 Å². The zero-order valence-corrected chi connectivity index (χ0v) is 16.1. The standard InChI is InChI=1S/C16H19ClN3O6P/c1-10-7-12(9-24-27(18,23)26-11-5-3-2-4-6-11)25-15(10)20-8-13(17)14(21)19-16(20)22/h2-6,8,10,12,15H,7,9H2,1H3,(H2,18,23)(H,19,21,22). The lowest BCUT2D eigenvalue weighted by Crippen LogP contribution is -2.34. The highest BCUT2D eigenvalue weighted by Crippen LogP contribution is 2.42. The molecule has 11 heteroatoms. The number of H-pyrrole nitrogens is 1. The van der Waals surface area contributed by atoms with E-state index in [0.717, 1.165) is 0 Å². The van der Waals surface area contributed by atoms with Crippen LogP contribution >= 0.6 is 19.3 Å². The summed E-state index contributed by atoms with van der Waals surface area (Å²) in [4.78, 5) is 25.5. The number of benzene rings is 1. The van der Waals surface area contributed by atoms with Crippen molar-refractivity contribution in [2.75, 3.05) is 6.61 Å². The summed E-state index contributed by atoms with van der Waals surface area (Å²) >= 11 is 5.79. The van der Waals surface area contributed by atoms with Crippen LogP contribution < -0.4 is 21.3 Å². The van der Waals surface area contributed by atoms with Crippen molar-refractivity contribution in [3.8, 4) is 5.75 Å². The van der Waals surface area contributed by atoms with Crippen molar-refractivity contribution in [1.82, 2.24) is 9.55 Å². The average Bonchev–Trinajstić information content (AvgIpc) is 2.98. The number of hydrogen-bond acceptors (Lipinski definition) is 6. The topological polar surface area (TPSA) is 126 Å². The van der Waals surface area contributed by atoms with Crippen molar-refractivity contribution in [2.45, 2.75) is 25.7 Å². The summed E-state index contributed by atoms with van der Waals surface area (Å²) in [5, 5.41) is -0.118. The number of nitrogens with one attached hydrogen (secondary N) is 1. The van der Waals surface area contributed by atoms with Gasteiger partial charge in [-0.25, -0.2) is 14.9 Å². The van der Waals surface area contributed by atoms with Crippen molar-refractivity contribution >= 4 is 19.3 Å². The van der Waals surface area contributed by atoms with Crippen LogP contribution in [0.25, 0.3) is 0 Å². The second kappa shape index (κ2) is 8.00. The molecule has 0 amide bonds. The highest BCUT2D eigenvalue weighted by atomic mass is 35.5. The summed E-state index contributed by atoms with van der Waals surface area (Å²) in [5.41, 5.74) is 4.32. The lowest BCUT2D eigenvalue weighted by atomic mass is 10.1. The SMILES string of the molecule is CC1CC(COP(N)(=O)Oc2ccccc2)OC1n1cc(Cl)c(=O)[nH]c1=O. The van der Waals surface area contributed by atoms with Gasteiger partial charge in [-0.15, -0.1) is 0 Å². The van der Waals surface area contributed by atoms with E-state index in [9.17, 15) is 14.2 Å². The first-order valence-electron chi connectivity index (χ1n) is 8.19. The molecule has 1 aliphatic heterocycles. The summed E-state index contributed by atoms with van der Waals surface area (Å²) in [6.07, 6.45) is 0.657. The van der Waals surface area contributed by atoms with Gasteiger partial charge in [0.05, 0.1) is 12.7 Å². The number of para-hydroxylation sites is 1. The number of aromatic nitrogens is 2. The van der Waals surface area contributed by atoms with Gasteiger partial charge in [-0.2, -0.15) is 0 Å². The van der Waals surface area contributed by atoms with Gasteiger partial charge in [-0.1, -0.05) is 36.7 Å². The van der Waals surface area contributed by atoms with Crippen LogP contribution in [0.5, 0.6) is 5.75 Å². The molecule has 4 atom stereocenters. The lowest BCUT2D eigenvalue weighted by molar-refractivity contribution is -0.0306. The largest absolute Gasteiger partial charge is 0.456 e. The third-order valence-corrected chi connectivity index (χ3v) is 5.31. The van der Waals surface area contributed by atoms with Crippen LogP contribution in [-0.4, -0.2) is 22.3 Å². The van der Waals surface area contributed by atoms with Crippen molar-refractivity contribution in [2.24, 2.45) is 11.4 Å². The summed E-state index contributed by atoms with van der Waals surface area (Å²) in [7, 11) is -3.82. The van der Waals surface area contributed by atoms with E-state index in [-0.39, 0.29) is 17.5 Å². The molecule has 1 aromatic carbocycles. The molecule has 0 radical (unpaired) electrons. The van der Waals surface area contributed by atoms with Crippen LogP contribution in [0, 0.1) is 5.92 Å². The Morgan fingerprint density at radius 3 is 2.78 bits per heavy atom.